The third-order valence-electron chi connectivity index (χ3n) is 3.36. The molecule has 0 radical (unpaired) electrons. The molecule has 0 aliphatic heterocycles. The summed E-state index contributed by atoms with van der Waals surface area (Å²) in [4.78, 5) is 0. The molecule has 1 nitrogen and oxygen atoms in total. The largest absolute Gasteiger partial charge is 0.396 e. The molecule has 0 saturated carbocycles. The fraction of sp³-hybridized carbons (Fsp3) is 0.538. The molecule has 1 aromatic carbocycles. The molecule has 0 fully saturated rings. The van der Waals surface area contributed by atoms with E-state index in [1.165, 1.54) is 0 Å². The Balaban J connectivity index is 2.95. The molecular weight excluding hydrogens is 243 g/mol. The maximum absolute atomic E-state index is 9.49. The molecule has 0 aliphatic rings. The molecular formula is C13H18Cl2O. The summed E-state index contributed by atoms with van der Waals surface area (Å²) >= 11 is 12.0. The predicted molar refractivity (Wildman–Crippen MR) is 70.2 cm³/mol. The molecule has 0 spiro atoms. The lowest BCUT2D eigenvalue weighted by atomic mass is 9.75. The van der Waals surface area contributed by atoms with Gasteiger partial charge in [-0.25, -0.2) is 0 Å². The van der Waals surface area contributed by atoms with E-state index < -0.39 is 0 Å². The first-order chi connectivity index (χ1) is 7.39. The van der Waals surface area contributed by atoms with Crippen molar-refractivity contribution in [1.82, 2.24) is 0 Å². The molecule has 1 N–H and O–H groups in total. The highest BCUT2D eigenvalue weighted by atomic mass is 35.5. The summed E-state index contributed by atoms with van der Waals surface area (Å²) in [6.07, 6.45) is 0.761. The average Bonchev–Trinajstić information content (AvgIpc) is 2.22. The van der Waals surface area contributed by atoms with Gasteiger partial charge in [-0.2, -0.15) is 0 Å². The van der Waals surface area contributed by atoms with Gasteiger partial charge in [0, 0.05) is 16.7 Å². The highest BCUT2D eigenvalue weighted by Crippen LogP contribution is 2.33. The molecule has 16 heavy (non-hydrogen) atoms. The molecule has 0 amide bonds. The van der Waals surface area contributed by atoms with Crippen LogP contribution in [-0.4, -0.2) is 11.7 Å². The Hall–Kier alpha value is -0.240. The van der Waals surface area contributed by atoms with Crippen molar-refractivity contribution in [2.45, 2.75) is 27.2 Å². The number of aliphatic hydroxyl groups is 1. The second-order valence-corrected chi connectivity index (χ2v) is 5.72. The van der Waals surface area contributed by atoms with Gasteiger partial charge in [0.05, 0.1) is 0 Å². The molecule has 0 heterocycles. The van der Waals surface area contributed by atoms with Crippen molar-refractivity contribution in [3.8, 4) is 0 Å². The van der Waals surface area contributed by atoms with E-state index >= 15 is 0 Å². The van der Waals surface area contributed by atoms with Crippen molar-refractivity contribution in [1.29, 1.82) is 0 Å². The summed E-state index contributed by atoms with van der Waals surface area (Å²) in [5, 5.41) is 10.8. The molecule has 0 aromatic heterocycles. The van der Waals surface area contributed by atoms with E-state index in [2.05, 4.69) is 20.8 Å². The van der Waals surface area contributed by atoms with Crippen molar-refractivity contribution < 1.29 is 5.11 Å². The Bertz CT molecular complexity index is 363. The van der Waals surface area contributed by atoms with Crippen LogP contribution in [0, 0.1) is 11.3 Å². The Kier molecular flexibility index (Phi) is 4.66. The first-order valence-electron chi connectivity index (χ1n) is 5.44. The van der Waals surface area contributed by atoms with Crippen LogP contribution < -0.4 is 0 Å². The van der Waals surface area contributed by atoms with Gasteiger partial charge in [-0.1, -0.05) is 50.0 Å². The lowest BCUT2D eigenvalue weighted by molar-refractivity contribution is 0.0948. The Labute approximate surface area is 107 Å². The van der Waals surface area contributed by atoms with Crippen LogP contribution in [0.15, 0.2) is 18.2 Å². The number of benzene rings is 1. The van der Waals surface area contributed by atoms with Crippen LogP contribution in [0.4, 0.5) is 0 Å². The smallest absolute Gasteiger partial charge is 0.0490 e. The summed E-state index contributed by atoms with van der Waals surface area (Å²) in [6.45, 7) is 6.45. The summed E-state index contributed by atoms with van der Waals surface area (Å²) in [5.41, 5.74) is 0.897. The molecule has 1 aromatic rings. The highest BCUT2D eigenvalue weighted by molar-refractivity contribution is 6.35. The molecule has 1 atom stereocenters. The third kappa shape index (κ3) is 3.13. The molecule has 0 bridgehead atoms. The minimum atomic E-state index is -0.141. The Morgan fingerprint density at radius 3 is 2.38 bits per heavy atom. The van der Waals surface area contributed by atoms with Gasteiger partial charge >= 0.3 is 0 Å². The van der Waals surface area contributed by atoms with Crippen molar-refractivity contribution >= 4 is 23.2 Å². The van der Waals surface area contributed by atoms with Gasteiger partial charge in [0.1, 0.15) is 0 Å². The minimum Gasteiger partial charge on any atom is -0.396 e. The summed E-state index contributed by atoms with van der Waals surface area (Å²) < 4.78 is 0. The van der Waals surface area contributed by atoms with Crippen molar-refractivity contribution in [3.05, 3.63) is 33.8 Å². The minimum absolute atomic E-state index is 0.141. The average molecular weight is 261 g/mol. The van der Waals surface area contributed by atoms with Crippen molar-refractivity contribution in [2.75, 3.05) is 6.61 Å². The Morgan fingerprint density at radius 2 is 1.94 bits per heavy atom. The van der Waals surface area contributed by atoms with E-state index in [1.807, 2.05) is 12.1 Å². The first kappa shape index (κ1) is 13.8. The first-order valence-corrected chi connectivity index (χ1v) is 6.19. The van der Waals surface area contributed by atoms with Crippen LogP contribution in [0.1, 0.15) is 26.3 Å². The normalized spacial score (nSPS) is 15.2. The molecule has 1 unspecified atom stereocenters. The van der Waals surface area contributed by atoms with E-state index in [0.29, 0.717) is 16.0 Å². The Morgan fingerprint density at radius 1 is 1.31 bits per heavy atom. The predicted octanol–water partition coefficient (Wildman–Crippen LogP) is 4.19. The summed E-state index contributed by atoms with van der Waals surface area (Å²) in [7, 11) is 0. The molecule has 1 rings (SSSR count). The zero-order valence-electron chi connectivity index (χ0n) is 9.93. The second kappa shape index (κ2) is 5.39. The van der Waals surface area contributed by atoms with Gasteiger partial charge in [0.2, 0.25) is 0 Å². The monoisotopic (exact) mass is 260 g/mol. The number of hydrogen-bond donors (Lipinski definition) is 1. The van der Waals surface area contributed by atoms with Gasteiger partial charge in [0.15, 0.2) is 0 Å². The fourth-order valence-electron chi connectivity index (χ4n) is 1.54. The van der Waals surface area contributed by atoms with E-state index in [4.69, 9.17) is 23.2 Å². The van der Waals surface area contributed by atoms with Gasteiger partial charge < -0.3 is 5.11 Å². The van der Waals surface area contributed by atoms with Crippen LogP contribution in [0.2, 0.25) is 10.0 Å². The number of aliphatic hydroxyl groups excluding tert-OH is 1. The molecule has 90 valence electrons. The van der Waals surface area contributed by atoms with Crippen LogP contribution in [0.25, 0.3) is 0 Å². The van der Waals surface area contributed by atoms with Gasteiger partial charge in [0.25, 0.3) is 0 Å². The maximum Gasteiger partial charge on any atom is 0.0490 e. The van der Waals surface area contributed by atoms with Crippen LogP contribution in [0.5, 0.6) is 0 Å². The van der Waals surface area contributed by atoms with E-state index in [-0.39, 0.29) is 12.0 Å². The quantitative estimate of drug-likeness (QED) is 0.861. The second-order valence-electron chi connectivity index (χ2n) is 4.88. The van der Waals surface area contributed by atoms with Crippen LogP contribution in [0.3, 0.4) is 0 Å². The SMILES string of the molecule is CC(C)C(C)(CO)Cc1ccc(Cl)cc1Cl. The maximum atomic E-state index is 9.49. The molecule has 3 heteroatoms. The summed E-state index contributed by atoms with van der Waals surface area (Å²) in [5.74, 6) is 0.393. The van der Waals surface area contributed by atoms with E-state index in [1.54, 1.807) is 6.07 Å². The zero-order chi connectivity index (χ0) is 12.3. The van der Waals surface area contributed by atoms with Crippen molar-refractivity contribution in [3.63, 3.8) is 0 Å². The van der Waals surface area contributed by atoms with E-state index in [0.717, 1.165) is 12.0 Å². The number of rotatable bonds is 4. The number of hydrogen-bond acceptors (Lipinski definition) is 1. The standard InChI is InChI=1S/C13H18Cl2O/c1-9(2)13(3,8-16)7-10-4-5-11(14)6-12(10)15/h4-6,9,16H,7-8H2,1-3H3. The van der Waals surface area contributed by atoms with Crippen LogP contribution in [-0.2, 0) is 6.42 Å². The van der Waals surface area contributed by atoms with Gasteiger partial charge in [-0.15, -0.1) is 0 Å². The van der Waals surface area contributed by atoms with Gasteiger partial charge in [-0.3, -0.25) is 0 Å². The fourth-order valence-corrected chi connectivity index (χ4v) is 2.02. The van der Waals surface area contributed by atoms with Crippen molar-refractivity contribution in [2.24, 2.45) is 11.3 Å². The third-order valence-corrected chi connectivity index (χ3v) is 3.95. The molecule has 0 saturated heterocycles. The van der Waals surface area contributed by atoms with Crippen LogP contribution >= 0.6 is 23.2 Å². The lowest BCUT2D eigenvalue weighted by Crippen LogP contribution is -2.30. The zero-order valence-corrected chi connectivity index (χ0v) is 11.4. The van der Waals surface area contributed by atoms with Gasteiger partial charge in [-0.05, 0) is 35.4 Å². The number of halogens is 2. The highest BCUT2D eigenvalue weighted by Gasteiger charge is 2.28. The van der Waals surface area contributed by atoms with E-state index in [9.17, 15) is 5.11 Å². The summed E-state index contributed by atoms with van der Waals surface area (Å²) in [6, 6.07) is 5.51. The molecule has 0 aliphatic carbocycles. The lowest BCUT2D eigenvalue weighted by Gasteiger charge is -2.32. The topological polar surface area (TPSA) is 20.2 Å².